The summed E-state index contributed by atoms with van der Waals surface area (Å²) in [5, 5.41) is 4.53. The Balaban J connectivity index is 1.67. The van der Waals surface area contributed by atoms with E-state index in [1.54, 1.807) is 19.1 Å². The number of anilines is 1. The van der Waals surface area contributed by atoms with Gasteiger partial charge in [-0.2, -0.15) is 10.1 Å². The summed E-state index contributed by atoms with van der Waals surface area (Å²) in [5.74, 6) is 1.95. The number of rotatable bonds is 5. The van der Waals surface area contributed by atoms with Crippen LogP contribution in [0, 0.1) is 6.92 Å². The first-order valence-corrected chi connectivity index (χ1v) is 11.2. The molecule has 1 amide bonds. The van der Waals surface area contributed by atoms with Crippen molar-refractivity contribution in [3.05, 3.63) is 101 Å². The van der Waals surface area contributed by atoms with Crippen molar-refractivity contribution >= 4 is 11.9 Å². The van der Waals surface area contributed by atoms with E-state index in [2.05, 4.69) is 10.1 Å². The maximum atomic E-state index is 13.9. The van der Waals surface area contributed by atoms with Crippen LogP contribution in [0.15, 0.2) is 79.1 Å². The van der Waals surface area contributed by atoms with Crippen molar-refractivity contribution in [2.24, 2.45) is 0 Å². The highest BCUT2D eigenvalue weighted by Crippen LogP contribution is 2.44. The Morgan fingerprint density at radius 3 is 2.38 bits per heavy atom. The van der Waals surface area contributed by atoms with E-state index in [-0.39, 0.29) is 18.0 Å². The smallest absolute Gasteiger partial charge is 0.261 e. The van der Waals surface area contributed by atoms with E-state index in [9.17, 15) is 4.79 Å². The molecule has 2 atom stereocenters. The highest BCUT2D eigenvalue weighted by atomic mass is 16.5. The van der Waals surface area contributed by atoms with Gasteiger partial charge >= 0.3 is 0 Å². The first-order valence-electron chi connectivity index (χ1n) is 11.2. The fourth-order valence-electron chi connectivity index (χ4n) is 4.68. The van der Waals surface area contributed by atoms with Gasteiger partial charge in [-0.15, -0.1) is 0 Å². The van der Waals surface area contributed by atoms with Crippen molar-refractivity contribution in [2.75, 3.05) is 19.1 Å². The molecule has 2 unspecified atom stereocenters. The van der Waals surface area contributed by atoms with Gasteiger partial charge < -0.3 is 9.47 Å². The molecule has 172 valence electrons. The van der Waals surface area contributed by atoms with Crippen molar-refractivity contribution < 1.29 is 14.3 Å². The summed E-state index contributed by atoms with van der Waals surface area (Å²) in [5.41, 5.74) is 3.56. The van der Waals surface area contributed by atoms with Crippen LogP contribution in [0.5, 0.6) is 11.5 Å². The van der Waals surface area contributed by atoms with Crippen LogP contribution in [0.2, 0.25) is 0 Å². The lowest BCUT2D eigenvalue weighted by molar-refractivity contribution is 0.0962. The summed E-state index contributed by atoms with van der Waals surface area (Å²) in [7, 11) is 3.31. The SMILES string of the molecule is COc1ccc(C2CC(c3ccccc3OC)n3ncnc3N2C(=O)c2ccccc2C)cc1. The molecule has 0 N–H and O–H groups in total. The molecule has 0 aliphatic carbocycles. The summed E-state index contributed by atoms with van der Waals surface area (Å²) < 4.78 is 12.8. The lowest BCUT2D eigenvalue weighted by Crippen LogP contribution is -2.43. The van der Waals surface area contributed by atoms with Gasteiger partial charge in [0.2, 0.25) is 5.95 Å². The number of methoxy groups -OCH3 is 2. The summed E-state index contributed by atoms with van der Waals surface area (Å²) in [6.07, 6.45) is 2.12. The first-order chi connectivity index (χ1) is 16.6. The van der Waals surface area contributed by atoms with Gasteiger partial charge in [-0.25, -0.2) is 4.68 Å². The molecule has 0 saturated carbocycles. The average Bonchev–Trinajstić information content (AvgIpc) is 3.37. The first kappa shape index (κ1) is 21.7. The predicted octanol–water partition coefficient (Wildman–Crippen LogP) is 4.98. The maximum absolute atomic E-state index is 13.9. The normalized spacial score (nSPS) is 17.2. The number of ether oxygens (including phenoxy) is 2. The van der Waals surface area contributed by atoms with Gasteiger partial charge in [0.05, 0.1) is 26.3 Å². The third-order valence-electron chi connectivity index (χ3n) is 6.42. The van der Waals surface area contributed by atoms with E-state index in [4.69, 9.17) is 9.47 Å². The Labute approximate surface area is 198 Å². The van der Waals surface area contributed by atoms with Crippen LogP contribution in [0.1, 0.15) is 45.6 Å². The van der Waals surface area contributed by atoms with Gasteiger partial charge in [-0.1, -0.05) is 48.5 Å². The third kappa shape index (κ3) is 3.69. The fraction of sp³-hybridized carbons (Fsp3) is 0.222. The minimum atomic E-state index is -0.260. The topological polar surface area (TPSA) is 69.5 Å². The lowest BCUT2D eigenvalue weighted by Gasteiger charge is -2.39. The lowest BCUT2D eigenvalue weighted by atomic mass is 9.90. The van der Waals surface area contributed by atoms with E-state index in [1.807, 2.05) is 84.4 Å². The summed E-state index contributed by atoms with van der Waals surface area (Å²) in [6, 6.07) is 23.0. The summed E-state index contributed by atoms with van der Waals surface area (Å²) in [4.78, 5) is 20.3. The molecule has 1 aliphatic rings. The van der Waals surface area contributed by atoms with Gasteiger partial charge in [-0.3, -0.25) is 9.69 Å². The third-order valence-corrected chi connectivity index (χ3v) is 6.42. The molecule has 5 rings (SSSR count). The van der Waals surface area contributed by atoms with Crippen molar-refractivity contribution in [1.29, 1.82) is 0 Å². The number of carbonyl (C=O) groups excluding carboxylic acids is 1. The average molecular weight is 455 g/mol. The number of hydrogen-bond donors (Lipinski definition) is 0. The number of aryl methyl sites for hydroxylation is 1. The van der Waals surface area contributed by atoms with Crippen LogP contribution < -0.4 is 14.4 Å². The van der Waals surface area contributed by atoms with Crippen LogP contribution in [0.4, 0.5) is 5.95 Å². The fourth-order valence-corrected chi connectivity index (χ4v) is 4.68. The Morgan fingerprint density at radius 1 is 0.912 bits per heavy atom. The number of benzene rings is 3. The van der Waals surface area contributed by atoms with Crippen LogP contribution >= 0.6 is 0 Å². The highest BCUT2D eigenvalue weighted by Gasteiger charge is 2.40. The van der Waals surface area contributed by atoms with E-state index in [0.717, 1.165) is 28.2 Å². The van der Waals surface area contributed by atoms with Crippen LogP contribution in [0.25, 0.3) is 0 Å². The van der Waals surface area contributed by atoms with Crippen LogP contribution in [-0.4, -0.2) is 34.9 Å². The number of para-hydroxylation sites is 1. The molecule has 0 fully saturated rings. The molecule has 0 radical (unpaired) electrons. The van der Waals surface area contributed by atoms with Gasteiger partial charge in [-0.05, 0) is 48.7 Å². The zero-order valence-corrected chi connectivity index (χ0v) is 19.4. The molecule has 0 saturated heterocycles. The second-order valence-corrected chi connectivity index (χ2v) is 8.28. The molecule has 0 spiro atoms. The van der Waals surface area contributed by atoms with Crippen molar-refractivity contribution in [3.8, 4) is 11.5 Å². The standard InChI is InChI=1S/C27H26N4O3/c1-18-8-4-5-9-21(18)26(32)30-23(19-12-14-20(33-2)15-13-19)16-24(31-27(30)28-17-29-31)22-10-6-7-11-25(22)34-3/h4-15,17,23-24H,16H2,1-3H3. The molecular formula is C27H26N4O3. The molecule has 34 heavy (non-hydrogen) atoms. The van der Waals surface area contributed by atoms with Gasteiger partial charge in [0, 0.05) is 11.1 Å². The Bertz CT molecular complexity index is 1320. The molecule has 4 aromatic rings. The molecule has 1 aliphatic heterocycles. The Hall–Kier alpha value is -4.13. The molecule has 0 bridgehead atoms. The Kier molecular flexibility index (Phi) is 5.76. The highest BCUT2D eigenvalue weighted by molar-refractivity contribution is 6.06. The van der Waals surface area contributed by atoms with E-state index in [1.165, 1.54) is 6.33 Å². The summed E-state index contributed by atoms with van der Waals surface area (Å²) >= 11 is 0. The van der Waals surface area contributed by atoms with Crippen LogP contribution in [0.3, 0.4) is 0 Å². The molecule has 3 aromatic carbocycles. The molecule has 1 aromatic heterocycles. The zero-order chi connectivity index (χ0) is 23.7. The molecule has 7 heteroatoms. The second-order valence-electron chi connectivity index (χ2n) is 8.28. The second kappa shape index (κ2) is 9.02. The maximum Gasteiger partial charge on any atom is 0.261 e. The van der Waals surface area contributed by atoms with E-state index in [0.29, 0.717) is 17.9 Å². The predicted molar refractivity (Wildman–Crippen MR) is 129 cm³/mol. The summed E-state index contributed by atoms with van der Waals surface area (Å²) in [6.45, 7) is 1.95. The Morgan fingerprint density at radius 2 is 1.65 bits per heavy atom. The minimum Gasteiger partial charge on any atom is -0.497 e. The number of carbonyl (C=O) groups is 1. The monoisotopic (exact) mass is 454 g/mol. The van der Waals surface area contributed by atoms with Crippen molar-refractivity contribution in [2.45, 2.75) is 25.4 Å². The number of amides is 1. The van der Waals surface area contributed by atoms with Gasteiger partial charge in [0.15, 0.2) is 0 Å². The van der Waals surface area contributed by atoms with E-state index < -0.39 is 0 Å². The largest absolute Gasteiger partial charge is 0.497 e. The van der Waals surface area contributed by atoms with Crippen LogP contribution in [-0.2, 0) is 0 Å². The minimum absolute atomic E-state index is 0.105. The quantitative estimate of drug-likeness (QED) is 0.425. The molecule has 2 heterocycles. The molecule has 7 nitrogen and oxygen atoms in total. The number of fused-ring (bicyclic) bond motifs is 1. The molecular weight excluding hydrogens is 428 g/mol. The van der Waals surface area contributed by atoms with Crippen molar-refractivity contribution in [3.63, 3.8) is 0 Å². The number of aromatic nitrogens is 3. The number of hydrogen-bond acceptors (Lipinski definition) is 5. The van der Waals surface area contributed by atoms with Gasteiger partial charge in [0.25, 0.3) is 5.91 Å². The zero-order valence-electron chi connectivity index (χ0n) is 19.4. The van der Waals surface area contributed by atoms with Crippen molar-refractivity contribution in [1.82, 2.24) is 14.8 Å². The number of nitrogens with zero attached hydrogens (tertiary/aromatic N) is 4. The van der Waals surface area contributed by atoms with E-state index >= 15 is 0 Å². The van der Waals surface area contributed by atoms with Gasteiger partial charge in [0.1, 0.15) is 17.8 Å².